The summed E-state index contributed by atoms with van der Waals surface area (Å²) in [7, 11) is 3.75. The van der Waals surface area contributed by atoms with Gasteiger partial charge in [0.1, 0.15) is 30.9 Å². The van der Waals surface area contributed by atoms with Crippen LogP contribution in [0.3, 0.4) is 0 Å². The largest absolute Gasteiger partial charge is 0.497 e. The number of imide groups is 1. The first-order chi connectivity index (χ1) is 14.2. The van der Waals surface area contributed by atoms with Gasteiger partial charge in [0.25, 0.3) is 5.91 Å². The molecule has 11 heteroatoms. The lowest BCUT2D eigenvalue weighted by atomic mass is 9.92. The Hall–Kier alpha value is -3.63. The van der Waals surface area contributed by atoms with E-state index in [0.717, 1.165) is 24.0 Å². The van der Waals surface area contributed by atoms with Crippen molar-refractivity contribution in [3.8, 4) is 5.75 Å². The minimum absolute atomic E-state index is 0.498. The summed E-state index contributed by atoms with van der Waals surface area (Å²) in [5.41, 5.74) is -0.892. The zero-order valence-corrected chi connectivity index (χ0v) is 17.1. The molecule has 4 amide bonds. The summed E-state index contributed by atoms with van der Waals surface area (Å²) in [6.45, 7) is -0.224. The van der Waals surface area contributed by atoms with E-state index in [9.17, 15) is 24.0 Å². The van der Waals surface area contributed by atoms with Gasteiger partial charge in [-0.1, -0.05) is 12.1 Å². The molecular formula is C19H23N3O8. The molecule has 30 heavy (non-hydrogen) atoms. The molecule has 0 bridgehead atoms. The van der Waals surface area contributed by atoms with E-state index in [2.05, 4.69) is 14.8 Å². The molecule has 1 aliphatic rings. The highest BCUT2D eigenvalue weighted by Gasteiger charge is 2.49. The van der Waals surface area contributed by atoms with Crippen molar-refractivity contribution in [2.45, 2.75) is 12.5 Å². The maximum absolute atomic E-state index is 13.0. The fraction of sp³-hybridized carbons (Fsp3) is 0.421. The van der Waals surface area contributed by atoms with Gasteiger partial charge in [0.15, 0.2) is 0 Å². The number of carbonyl (C=O) groups excluding carboxylic acids is 5. The number of carbonyl (C=O) groups is 5. The maximum Gasteiger partial charge on any atom is 0.325 e. The SMILES string of the molecule is COC(=O)CN(CC(=O)OC)C(=O)CN1C(=O)NC(C)(c2ccc(OC)cc2)C1=O. The van der Waals surface area contributed by atoms with Crippen molar-refractivity contribution >= 4 is 29.8 Å². The summed E-state index contributed by atoms with van der Waals surface area (Å²) in [4.78, 5) is 62.7. The second-order valence-corrected chi connectivity index (χ2v) is 6.58. The summed E-state index contributed by atoms with van der Waals surface area (Å²) in [5.74, 6) is -2.41. The van der Waals surface area contributed by atoms with Crippen LogP contribution < -0.4 is 10.1 Å². The number of esters is 2. The number of ether oxygens (including phenoxy) is 3. The van der Waals surface area contributed by atoms with E-state index in [1.165, 1.54) is 14.0 Å². The van der Waals surface area contributed by atoms with Crippen LogP contribution in [0.25, 0.3) is 0 Å². The van der Waals surface area contributed by atoms with Crippen LogP contribution in [-0.2, 0) is 34.2 Å². The minimum atomic E-state index is -1.39. The zero-order valence-electron chi connectivity index (χ0n) is 17.1. The Morgan fingerprint density at radius 1 is 1.00 bits per heavy atom. The number of hydrogen-bond acceptors (Lipinski definition) is 8. The zero-order chi connectivity index (χ0) is 22.5. The first-order valence-electron chi connectivity index (χ1n) is 8.86. The quantitative estimate of drug-likeness (QED) is 0.445. The average Bonchev–Trinajstić information content (AvgIpc) is 2.96. The molecule has 1 aliphatic heterocycles. The van der Waals surface area contributed by atoms with Crippen molar-refractivity contribution in [3.63, 3.8) is 0 Å². The third-order valence-corrected chi connectivity index (χ3v) is 4.68. The molecule has 0 saturated carbocycles. The van der Waals surface area contributed by atoms with E-state index in [1.807, 2.05) is 0 Å². The first kappa shape index (κ1) is 22.7. The average molecular weight is 421 g/mol. The topological polar surface area (TPSA) is 132 Å². The Labute approximate surface area is 172 Å². The van der Waals surface area contributed by atoms with Crippen LogP contribution in [-0.4, -0.2) is 80.5 Å². The van der Waals surface area contributed by atoms with Crippen LogP contribution in [0, 0.1) is 0 Å². The van der Waals surface area contributed by atoms with E-state index in [4.69, 9.17) is 4.74 Å². The summed E-state index contributed by atoms with van der Waals surface area (Å²) in [5, 5.41) is 2.57. The lowest BCUT2D eigenvalue weighted by Crippen LogP contribution is -2.47. The minimum Gasteiger partial charge on any atom is -0.497 e. The highest BCUT2D eigenvalue weighted by molar-refractivity contribution is 6.09. The maximum atomic E-state index is 13.0. The summed E-state index contributed by atoms with van der Waals surface area (Å²) in [6.07, 6.45) is 0. The van der Waals surface area contributed by atoms with E-state index in [-0.39, 0.29) is 0 Å². The Balaban J connectivity index is 2.20. The standard InChI is InChI=1S/C19H23N3O8/c1-19(12-5-7-13(28-2)8-6-12)17(26)22(18(27)20-19)9-14(23)21(10-15(24)29-3)11-16(25)30-4/h5-8H,9-11H2,1-4H3,(H,20,27). The summed E-state index contributed by atoms with van der Waals surface area (Å²) >= 11 is 0. The van der Waals surface area contributed by atoms with E-state index >= 15 is 0 Å². The van der Waals surface area contributed by atoms with Crippen LogP contribution in [0.4, 0.5) is 4.79 Å². The highest BCUT2D eigenvalue weighted by atomic mass is 16.5. The number of methoxy groups -OCH3 is 3. The number of nitrogens with zero attached hydrogens (tertiary/aromatic N) is 2. The number of rotatable bonds is 8. The first-order valence-corrected chi connectivity index (χ1v) is 8.86. The summed E-state index contributed by atoms with van der Waals surface area (Å²) in [6, 6.07) is 5.76. The Kier molecular flexibility index (Phi) is 6.98. The third kappa shape index (κ3) is 4.67. The molecule has 1 aromatic rings. The normalized spacial score (nSPS) is 17.9. The van der Waals surface area contributed by atoms with Gasteiger partial charge < -0.3 is 24.4 Å². The number of amides is 4. The molecule has 1 aromatic carbocycles. The van der Waals surface area contributed by atoms with Gasteiger partial charge in [-0.15, -0.1) is 0 Å². The van der Waals surface area contributed by atoms with Crippen molar-refractivity contribution in [1.29, 1.82) is 0 Å². The summed E-state index contributed by atoms with van der Waals surface area (Å²) < 4.78 is 14.1. The molecule has 11 nitrogen and oxygen atoms in total. The van der Waals surface area contributed by atoms with Crippen LogP contribution in [0.1, 0.15) is 12.5 Å². The number of hydrogen-bond donors (Lipinski definition) is 1. The molecule has 0 radical (unpaired) electrons. The lowest BCUT2D eigenvalue weighted by Gasteiger charge is -2.24. The molecule has 0 aromatic heterocycles. The second-order valence-electron chi connectivity index (χ2n) is 6.58. The van der Waals surface area contributed by atoms with Gasteiger partial charge in [-0.25, -0.2) is 4.79 Å². The van der Waals surface area contributed by atoms with Crippen LogP contribution in [0.2, 0.25) is 0 Å². The Morgan fingerprint density at radius 3 is 2.00 bits per heavy atom. The molecule has 0 aliphatic carbocycles. The lowest BCUT2D eigenvalue weighted by molar-refractivity contribution is -0.152. The van der Waals surface area contributed by atoms with Crippen molar-refractivity contribution in [2.75, 3.05) is 41.0 Å². The van der Waals surface area contributed by atoms with Crippen molar-refractivity contribution in [1.82, 2.24) is 15.1 Å². The van der Waals surface area contributed by atoms with Gasteiger partial charge in [0.05, 0.1) is 21.3 Å². The van der Waals surface area contributed by atoms with Gasteiger partial charge in [-0.05, 0) is 24.6 Å². The molecule has 162 valence electrons. The van der Waals surface area contributed by atoms with Gasteiger partial charge in [0, 0.05) is 0 Å². The van der Waals surface area contributed by atoms with Crippen LogP contribution in [0.15, 0.2) is 24.3 Å². The predicted molar refractivity (Wildman–Crippen MR) is 101 cm³/mol. The van der Waals surface area contributed by atoms with Gasteiger partial charge in [-0.3, -0.25) is 24.1 Å². The molecule has 1 N–H and O–H groups in total. The fourth-order valence-corrected chi connectivity index (χ4v) is 2.87. The molecule has 1 saturated heterocycles. The Morgan fingerprint density at radius 2 is 1.53 bits per heavy atom. The van der Waals surface area contributed by atoms with Crippen molar-refractivity contribution < 1.29 is 38.2 Å². The van der Waals surface area contributed by atoms with Crippen LogP contribution >= 0.6 is 0 Å². The number of nitrogens with one attached hydrogen (secondary N) is 1. The number of urea groups is 1. The fourth-order valence-electron chi connectivity index (χ4n) is 2.87. The van der Waals surface area contributed by atoms with Crippen molar-refractivity contribution in [2.24, 2.45) is 0 Å². The van der Waals surface area contributed by atoms with E-state index in [1.54, 1.807) is 24.3 Å². The third-order valence-electron chi connectivity index (χ3n) is 4.68. The van der Waals surface area contributed by atoms with Crippen LogP contribution in [0.5, 0.6) is 5.75 Å². The predicted octanol–water partition coefficient (Wildman–Crippen LogP) is -0.363. The smallest absolute Gasteiger partial charge is 0.325 e. The monoisotopic (exact) mass is 421 g/mol. The number of benzene rings is 1. The van der Waals surface area contributed by atoms with Gasteiger partial charge >= 0.3 is 18.0 Å². The van der Waals surface area contributed by atoms with E-state index in [0.29, 0.717) is 11.3 Å². The van der Waals surface area contributed by atoms with Gasteiger partial charge in [-0.2, -0.15) is 0 Å². The van der Waals surface area contributed by atoms with E-state index < -0.39 is 55.0 Å². The van der Waals surface area contributed by atoms with Gasteiger partial charge in [0.2, 0.25) is 5.91 Å². The molecule has 1 atom stereocenters. The second kappa shape index (κ2) is 9.25. The molecule has 1 fully saturated rings. The molecule has 1 heterocycles. The molecule has 0 spiro atoms. The molecule has 2 rings (SSSR count). The highest BCUT2D eigenvalue weighted by Crippen LogP contribution is 2.30. The van der Waals surface area contributed by atoms with Crippen molar-refractivity contribution in [3.05, 3.63) is 29.8 Å². The molecule has 1 unspecified atom stereocenters. The molecular weight excluding hydrogens is 398 g/mol. The Bertz CT molecular complexity index is 836.